The number of fused-ring (bicyclic) bond motifs is 2. The van der Waals surface area contributed by atoms with Crippen LogP contribution in [0.2, 0.25) is 0 Å². The van der Waals surface area contributed by atoms with Crippen LogP contribution >= 0.6 is 0 Å². The summed E-state index contributed by atoms with van der Waals surface area (Å²) in [4.78, 5) is 0. The summed E-state index contributed by atoms with van der Waals surface area (Å²) in [6.07, 6.45) is 0.494. The number of aryl methyl sites for hydroxylation is 2. The number of benzene rings is 2. The van der Waals surface area contributed by atoms with Crippen LogP contribution in [0, 0.1) is 13.8 Å². The normalized spacial score (nSPS) is 13.3. The van der Waals surface area contributed by atoms with Gasteiger partial charge >= 0.3 is 0 Å². The van der Waals surface area contributed by atoms with Crippen molar-refractivity contribution in [2.75, 3.05) is 10.8 Å². The molecule has 122 valence electrons. The van der Waals surface area contributed by atoms with Gasteiger partial charge in [-0.15, -0.1) is 4.28 Å². The predicted molar refractivity (Wildman–Crippen MR) is 89.7 cm³/mol. The van der Waals surface area contributed by atoms with Crippen molar-refractivity contribution in [2.24, 2.45) is 0 Å². The van der Waals surface area contributed by atoms with Crippen molar-refractivity contribution in [3.05, 3.63) is 47.5 Å². The molecular weight excluding hydrogens is 314 g/mol. The Morgan fingerprint density at radius 1 is 1.00 bits per heavy atom. The van der Waals surface area contributed by atoms with E-state index in [9.17, 15) is 8.42 Å². The van der Waals surface area contributed by atoms with Crippen LogP contribution in [0.1, 0.15) is 24.5 Å². The molecule has 0 amide bonds. The monoisotopic (exact) mass is 333 g/mol. The lowest BCUT2D eigenvalue weighted by Gasteiger charge is -2.31. The Labute approximate surface area is 136 Å². The molecule has 0 spiro atoms. The molecule has 0 saturated heterocycles. The van der Waals surface area contributed by atoms with Gasteiger partial charge in [0.15, 0.2) is 11.5 Å². The highest BCUT2D eigenvalue weighted by atomic mass is 32.2. The largest absolute Gasteiger partial charge is 0.453 e. The molecule has 5 nitrogen and oxygen atoms in total. The Kier molecular flexibility index (Phi) is 4.04. The van der Waals surface area contributed by atoms with Gasteiger partial charge in [-0.1, -0.05) is 19.1 Å². The molecule has 0 radical (unpaired) electrons. The van der Waals surface area contributed by atoms with Gasteiger partial charge in [0.2, 0.25) is 0 Å². The van der Waals surface area contributed by atoms with E-state index in [4.69, 9.17) is 9.02 Å². The second-order valence-electron chi connectivity index (χ2n) is 5.68. The maximum Gasteiger partial charge on any atom is 0.288 e. The summed E-state index contributed by atoms with van der Waals surface area (Å²) in [5.74, 6) is 1.11. The number of anilines is 2. The Morgan fingerprint density at radius 3 is 2.43 bits per heavy atom. The molecule has 0 bridgehead atoms. The van der Waals surface area contributed by atoms with Gasteiger partial charge in [-0.2, -0.15) is 13.5 Å². The summed E-state index contributed by atoms with van der Waals surface area (Å²) >= 11 is 0. The average molecular weight is 333 g/mol. The maximum absolute atomic E-state index is 12.2. The van der Waals surface area contributed by atoms with Gasteiger partial charge in [-0.3, -0.25) is 0 Å². The first-order valence-corrected chi connectivity index (χ1v) is 9.09. The van der Waals surface area contributed by atoms with Gasteiger partial charge < -0.3 is 4.74 Å². The number of rotatable bonds is 4. The van der Waals surface area contributed by atoms with E-state index in [1.807, 2.05) is 44.2 Å². The molecule has 0 aliphatic carbocycles. The topological polar surface area (TPSA) is 55.8 Å². The predicted octanol–water partition coefficient (Wildman–Crippen LogP) is 4.22. The first-order chi connectivity index (χ1) is 10.9. The highest BCUT2D eigenvalue weighted by molar-refractivity contribution is 7.86. The van der Waals surface area contributed by atoms with E-state index in [2.05, 4.69) is 0 Å². The van der Waals surface area contributed by atoms with Gasteiger partial charge in [0.25, 0.3) is 10.1 Å². The van der Waals surface area contributed by atoms with Gasteiger partial charge in [-0.25, -0.2) is 0 Å². The molecule has 0 unspecified atom stereocenters. The molecule has 23 heavy (non-hydrogen) atoms. The summed E-state index contributed by atoms with van der Waals surface area (Å²) in [6, 6.07) is 11.1. The third-order valence-electron chi connectivity index (χ3n) is 3.53. The maximum atomic E-state index is 12.2. The number of hydrogen-bond acceptors (Lipinski definition) is 5. The van der Waals surface area contributed by atoms with Gasteiger partial charge in [0, 0.05) is 0 Å². The summed E-state index contributed by atoms with van der Waals surface area (Å²) in [5, 5.41) is 1.35. The van der Waals surface area contributed by atoms with E-state index in [1.165, 1.54) is 5.06 Å². The number of nitrogens with zero attached hydrogens (tertiary/aromatic N) is 1. The highest BCUT2D eigenvalue weighted by Gasteiger charge is 2.29. The Bertz CT molecular complexity index is 846. The molecule has 0 atom stereocenters. The quantitative estimate of drug-likeness (QED) is 0.838. The first kappa shape index (κ1) is 15.8. The molecule has 1 aliphatic heterocycles. The van der Waals surface area contributed by atoms with Gasteiger partial charge in [0.1, 0.15) is 11.4 Å². The minimum atomic E-state index is -3.67. The SMILES string of the molecule is CCCS(=O)(=O)ON1c2ccc(C)cc2Oc2ccc(C)cc21. The minimum Gasteiger partial charge on any atom is -0.453 e. The van der Waals surface area contributed by atoms with Crippen LogP contribution in [0.25, 0.3) is 0 Å². The lowest BCUT2D eigenvalue weighted by Crippen LogP contribution is -2.27. The van der Waals surface area contributed by atoms with Crippen LogP contribution in [-0.2, 0) is 14.4 Å². The molecule has 1 heterocycles. The fourth-order valence-corrected chi connectivity index (χ4v) is 3.43. The van der Waals surface area contributed by atoms with Crippen LogP contribution in [0.5, 0.6) is 11.5 Å². The second kappa shape index (κ2) is 5.86. The average Bonchev–Trinajstić information content (AvgIpc) is 2.47. The Balaban J connectivity index is 2.12. The number of ether oxygens (including phenoxy) is 1. The summed E-state index contributed by atoms with van der Waals surface area (Å²) < 4.78 is 35.6. The molecule has 2 aromatic rings. The van der Waals surface area contributed by atoms with E-state index < -0.39 is 10.1 Å². The van der Waals surface area contributed by atoms with E-state index in [-0.39, 0.29) is 5.75 Å². The van der Waals surface area contributed by atoms with Crippen molar-refractivity contribution in [1.82, 2.24) is 0 Å². The van der Waals surface area contributed by atoms with Crippen molar-refractivity contribution in [1.29, 1.82) is 0 Å². The zero-order valence-corrected chi connectivity index (χ0v) is 14.2. The van der Waals surface area contributed by atoms with Crippen molar-refractivity contribution < 1.29 is 17.4 Å². The van der Waals surface area contributed by atoms with Gasteiger partial charge in [0.05, 0.1) is 5.75 Å². The lowest BCUT2D eigenvalue weighted by atomic mass is 10.1. The van der Waals surface area contributed by atoms with Crippen molar-refractivity contribution in [2.45, 2.75) is 27.2 Å². The van der Waals surface area contributed by atoms with Crippen molar-refractivity contribution in [3.8, 4) is 11.5 Å². The van der Waals surface area contributed by atoms with E-state index in [1.54, 1.807) is 13.0 Å². The molecule has 0 N–H and O–H groups in total. The molecule has 2 aromatic carbocycles. The molecular formula is C17H19NO4S. The van der Waals surface area contributed by atoms with E-state index in [0.717, 1.165) is 11.1 Å². The fourth-order valence-electron chi connectivity index (χ4n) is 2.47. The Morgan fingerprint density at radius 2 is 1.70 bits per heavy atom. The number of hydrogen-bond donors (Lipinski definition) is 0. The van der Waals surface area contributed by atoms with Crippen LogP contribution in [0.4, 0.5) is 11.4 Å². The van der Waals surface area contributed by atoms with Gasteiger partial charge in [-0.05, 0) is 55.7 Å². The zero-order valence-electron chi connectivity index (χ0n) is 13.4. The molecule has 1 aliphatic rings. The Hall–Kier alpha value is -2.05. The fraction of sp³-hybridized carbons (Fsp3) is 0.294. The van der Waals surface area contributed by atoms with Crippen LogP contribution < -0.4 is 9.80 Å². The standard InChI is InChI=1S/C17H19NO4S/c1-4-9-23(19,20)22-18-14-7-5-13(3)11-17(14)21-16-8-6-12(2)10-15(16)18/h5-8,10-11H,4,9H2,1-3H3. The minimum absolute atomic E-state index is 0.0350. The van der Waals surface area contributed by atoms with E-state index in [0.29, 0.717) is 29.3 Å². The van der Waals surface area contributed by atoms with Crippen molar-refractivity contribution in [3.63, 3.8) is 0 Å². The van der Waals surface area contributed by atoms with E-state index >= 15 is 0 Å². The third kappa shape index (κ3) is 3.18. The van der Waals surface area contributed by atoms with Crippen molar-refractivity contribution >= 4 is 21.5 Å². The van der Waals surface area contributed by atoms with Crippen LogP contribution in [-0.4, -0.2) is 14.2 Å². The summed E-state index contributed by atoms with van der Waals surface area (Å²) in [7, 11) is -3.67. The summed E-state index contributed by atoms with van der Waals surface area (Å²) in [6.45, 7) is 5.69. The highest BCUT2D eigenvalue weighted by Crippen LogP contribution is 2.47. The smallest absolute Gasteiger partial charge is 0.288 e. The van der Waals surface area contributed by atoms with Crippen LogP contribution in [0.3, 0.4) is 0 Å². The zero-order chi connectivity index (χ0) is 16.6. The summed E-state index contributed by atoms with van der Waals surface area (Å²) in [5.41, 5.74) is 3.18. The molecule has 3 rings (SSSR count). The molecule has 0 fully saturated rings. The first-order valence-electron chi connectivity index (χ1n) is 7.51. The molecule has 0 saturated carbocycles. The molecule has 0 aromatic heterocycles. The lowest BCUT2D eigenvalue weighted by molar-refractivity contribution is 0.308. The second-order valence-corrected chi connectivity index (χ2v) is 7.35. The third-order valence-corrected chi connectivity index (χ3v) is 4.81. The molecule has 6 heteroatoms. The van der Waals surface area contributed by atoms with Crippen LogP contribution in [0.15, 0.2) is 36.4 Å².